The van der Waals surface area contributed by atoms with Gasteiger partial charge in [0.15, 0.2) is 0 Å². The number of nitrogens with two attached hydrogens (primary N) is 1. The summed E-state index contributed by atoms with van der Waals surface area (Å²) in [5, 5.41) is 0.331. The van der Waals surface area contributed by atoms with Crippen LogP contribution in [0.1, 0.15) is 42.5 Å². The molecule has 1 heterocycles. The fraction of sp³-hybridized carbons (Fsp3) is 0.538. The Bertz CT molecular complexity index is 444. The molecule has 1 amide bonds. The second kappa shape index (κ2) is 5.57. The van der Waals surface area contributed by atoms with Crippen LogP contribution in [0.25, 0.3) is 0 Å². The summed E-state index contributed by atoms with van der Waals surface area (Å²) < 4.78 is 0. The van der Waals surface area contributed by atoms with E-state index in [0.29, 0.717) is 16.6 Å². The summed E-state index contributed by atoms with van der Waals surface area (Å²) in [6.07, 6.45) is 7.32. The molecule has 5 heteroatoms. The Morgan fingerprint density at radius 2 is 2.11 bits per heavy atom. The highest BCUT2D eigenvalue weighted by molar-refractivity contribution is 6.33. The molecule has 0 radical (unpaired) electrons. The van der Waals surface area contributed by atoms with Gasteiger partial charge in [0.05, 0.1) is 10.6 Å². The molecule has 1 aromatic heterocycles. The van der Waals surface area contributed by atoms with Crippen LogP contribution >= 0.6 is 11.6 Å². The molecule has 0 unspecified atom stereocenters. The van der Waals surface area contributed by atoms with Crippen molar-refractivity contribution in [2.24, 2.45) is 0 Å². The van der Waals surface area contributed by atoms with E-state index >= 15 is 0 Å². The van der Waals surface area contributed by atoms with Crippen molar-refractivity contribution in [2.75, 3.05) is 12.8 Å². The largest absolute Gasteiger partial charge is 0.382 e. The zero-order valence-electron chi connectivity index (χ0n) is 10.5. The summed E-state index contributed by atoms with van der Waals surface area (Å²) in [4.78, 5) is 18.0. The Morgan fingerprint density at radius 1 is 1.44 bits per heavy atom. The summed E-state index contributed by atoms with van der Waals surface area (Å²) in [6.45, 7) is 0. The molecule has 0 atom stereocenters. The van der Waals surface area contributed by atoms with Crippen molar-refractivity contribution in [3.63, 3.8) is 0 Å². The van der Waals surface area contributed by atoms with Gasteiger partial charge in [-0.25, -0.2) is 4.98 Å². The van der Waals surface area contributed by atoms with Gasteiger partial charge < -0.3 is 10.6 Å². The first-order chi connectivity index (χ1) is 8.59. The first-order valence-corrected chi connectivity index (χ1v) is 6.65. The number of nitrogens with zero attached hydrogens (tertiary/aromatic N) is 2. The molecule has 0 saturated heterocycles. The normalized spacial score (nSPS) is 16.6. The number of halogens is 1. The summed E-state index contributed by atoms with van der Waals surface area (Å²) in [6, 6.07) is 1.92. The average molecular weight is 268 g/mol. The Kier molecular flexibility index (Phi) is 4.07. The topological polar surface area (TPSA) is 59.2 Å². The van der Waals surface area contributed by atoms with Crippen molar-refractivity contribution in [3.8, 4) is 0 Å². The van der Waals surface area contributed by atoms with Crippen molar-refractivity contribution in [1.82, 2.24) is 9.88 Å². The van der Waals surface area contributed by atoms with Crippen molar-refractivity contribution in [1.29, 1.82) is 0 Å². The van der Waals surface area contributed by atoms with Gasteiger partial charge in [-0.1, -0.05) is 30.9 Å². The van der Waals surface area contributed by atoms with Gasteiger partial charge in [0.25, 0.3) is 5.91 Å². The van der Waals surface area contributed by atoms with Gasteiger partial charge in [-0.2, -0.15) is 0 Å². The minimum atomic E-state index is -0.0312. The summed E-state index contributed by atoms with van der Waals surface area (Å²) in [5.74, 6) is 0.227. The minimum Gasteiger partial charge on any atom is -0.382 e. The molecule has 98 valence electrons. The van der Waals surface area contributed by atoms with Crippen molar-refractivity contribution >= 4 is 23.3 Å². The van der Waals surface area contributed by atoms with E-state index in [0.717, 1.165) is 12.8 Å². The van der Waals surface area contributed by atoms with E-state index in [1.807, 2.05) is 11.9 Å². The van der Waals surface area contributed by atoms with Crippen LogP contribution in [0.3, 0.4) is 0 Å². The second-order valence-corrected chi connectivity index (χ2v) is 5.21. The van der Waals surface area contributed by atoms with E-state index in [1.165, 1.54) is 25.5 Å². The Balaban J connectivity index is 2.11. The highest BCUT2D eigenvalue weighted by atomic mass is 35.5. The number of carbonyl (C=O) groups excluding carboxylic acids is 1. The van der Waals surface area contributed by atoms with Crippen molar-refractivity contribution < 1.29 is 4.79 Å². The molecule has 0 bridgehead atoms. The van der Waals surface area contributed by atoms with Crippen LogP contribution in [-0.4, -0.2) is 28.9 Å². The van der Waals surface area contributed by atoms with Gasteiger partial charge in [-0.15, -0.1) is 0 Å². The Labute approximate surface area is 112 Å². The van der Waals surface area contributed by atoms with E-state index in [4.69, 9.17) is 17.3 Å². The third-order valence-electron chi connectivity index (χ3n) is 3.56. The van der Waals surface area contributed by atoms with Crippen LogP contribution in [0.15, 0.2) is 12.3 Å². The standard InChI is InChI=1S/C13H18ClN3O/c1-17(10-5-3-2-4-6-10)13(18)9-7-11(14)12(15)16-8-9/h7-8,10H,2-6H2,1H3,(H2,15,16). The number of carbonyl (C=O) groups is 1. The predicted molar refractivity (Wildman–Crippen MR) is 72.6 cm³/mol. The van der Waals surface area contributed by atoms with E-state index in [-0.39, 0.29) is 11.7 Å². The molecule has 4 nitrogen and oxygen atoms in total. The number of hydrogen-bond donors (Lipinski definition) is 1. The molecular weight excluding hydrogens is 250 g/mol. The highest BCUT2D eigenvalue weighted by Gasteiger charge is 2.23. The molecule has 1 saturated carbocycles. The number of anilines is 1. The fourth-order valence-corrected chi connectivity index (χ4v) is 2.57. The quantitative estimate of drug-likeness (QED) is 0.896. The first kappa shape index (κ1) is 13.1. The number of nitrogen functional groups attached to an aromatic ring is 1. The number of rotatable bonds is 2. The van der Waals surface area contributed by atoms with Crippen LogP contribution < -0.4 is 5.73 Å². The van der Waals surface area contributed by atoms with Crippen LogP contribution in [0.2, 0.25) is 5.02 Å². The number of pyridine rings is 1. The van der Waals surface area contributed by atoms with E-state index in [1.54, 1.807) is 6.07 Å². The maximum absolute atomic E-state index is 12.3. The maximum Gasteiger partial charge on any atom is 0.255 e. The maximum atomic E-state index is 12.3. The molecule has 2 N–H and O–H groups in total. The lowest BCUT2D eigenvalue weighted by Gasteiger charge is -2.31. The lowest BCUT2D eigenvalue weighted by molar-refractivity contribution is 0.0696. The Morgan fingerprint density at radius 3 is 2.72 bits per heavy atom. The fourth-order valence-electron chi connectivity index (χ4n) is 2.40. The predicted octanol–water partition coefficient (Wildman–Crippen LogP) is 2.72. The van der Waals surface area contributed by atoms with E-state index in [9.17, 15) is 4.79 Å². The van der Waals surface area contributed by atoms with Gasteiger partial charge >= 0.3 is 0 Å². The summed E-state index contributed by atoms with van der Waals surface area (Å²) >= 11 is 5.89. The van der Waals surface area contributed by atoms with Crippen LogP contribution in [0, 0.1) is 0 Å². The molecule has 1 aliphatic carbocycles. The molecule has 2 rings (SSSR count). The SMILES string of the molecule is CN(C(=O)c1cnc(N)c(Cl)c1)C1CCCCC1. The summed E-state index contributed by atoms with van der Waals surface area (Å²) in [7, 11) is 1.85. The molecule has 0 aromatic carbocycles. The van der Waals surface area contributed by atoms with Gasteiger partial charge in [-0.05, 0) is 18.9 Å². The number of amides is 1. The minimum absolute atomic E-state index is 0.0312. The van der Waals surface area contributed by atoms with Gasteiger partial charge in [0, 0.05) is 19.3 Å². The Hall–Kier alpha value is -1.29. The van der Waals surface area contributed by atoms with Crippen LogP contribution in [0.4, 0.5) is 5.82 Å². The van der Waals surface area contributed by atoms with E-state index < -0.39 is 0 Å². The lowest BCUT2D eigenvalue weighted by Crippen LogP contribution is -2.38. The van der Waals surface area contributed by atoms with Gasteiger partial charge in [0.1, 0.15) is 5.82 Å². The third-order valence-corrected chi connectivity index (χ3v) is 3.86. The second-order valence-electron chi connectivity index (χ2n) is 4.80. The van der Waals surface area contributed by atoms with Crippen LogP contribution in [0.5, 0.6) is 0 Å². The zero-order valence-corrected chi connectivity index (χ0v) is 11.3. The van der Waals surface area contributed by atoms with Crippen LogP contribution in [-0.2, 0) is 0 Å². The van der Waals surface area contributed by atoms with Gasteiger partial charge in [-0.3, -0.25) is 4.79 Å². The third kappa shape index (κ3) is 2.75. The smallest absolute Gasteiger partial charge is 0.255 e. The van der Waals surface area contributed by atoms with Crippen molar-refractivity contribution in [2.45, 2.75) is 38.1 Å². The summed E-state index contributed by atoms with van der Waals surface area (Å²) in [5.41, 5.74) is 6.04. The van der Waals surface area contributed by atoms with Gasteiger partial charge in [0.2, 0.25) is 0 Å². The molecule has 0 spiro atoms. The number of hydrogen-bond acceptors (Lipinski definition) is 3. The highest BCUT2D eigenvalue weighted by Crippen LogP contribution is 2.24. The zero-order chi connectivity index (χ0) is 13.1. The lowest BCUT2D eigenvalue weighted by atomic mass is 9.94. The van der Waals surface area contributed by atoms with E-state index in [2.05, 4.69) is 4.98 Å². The molecule has 1 fully saturated rings. The molecule has 18 heavy (non-hydrogen) atoms. The molecule has 0 aliphatic heterocycles. The molecule has 1 aliphatic rings. The first-order valence-electron chi connectivity index (χ1n) is 6.28. The molecule has 1 aromatic rings. The number of aromatic nitrogens is 1. The average Bonchev–Trinajstić information content (AvgIpc) is 2.41. The monoisotopic (exact) mass is 267 g/mol. The van der Waals surface area contributed by atoms with Crippen molar-refractivity contribution in [3.05, 3.63) is 22.8 Å². The molecular formula is C13H18ClN3O.